The van der Waals surface area contributed by atoms with E-state index in [1.807, 2.05) is 13.8 Å². The van der Waals surface area contributed by atoms with Crippen LogP contribution in [-0.4, -0.2) is 24.0 Å². The van der Waals surface area contributed by atoms with E-state index >= 15 is 0 Å². The van der Waals surface area contributed by atoms with Gasteiger partial charge in [0.25, 0.3) is 0 Å². The Hall–Kier alpha value is -1.08. The Bertz CT molecular complexity index is 433. The van der Waals surface area contributed by atoms with Crippen LogP contribution in [0.4, 0.5) is 0 Å². The quantitative estimate of drug-likeness (QED) is 0.755. The fourth-order valence-corrected chi connectivity index (χ4v) is 3.21. The van der Waals surface area contributed by atoms with Gasteiger partial charge in [-0.05, 0) is 36.9 Å². The van der Waals surface area contributed by atoms with E-state index in [1.165, 1.54) is 30.6 Å². The minimum absolute atomic E-state index is 0.691. The maximum Gasteiger partial charge on any atom is 0.0357 e. The van der Waals surface area contributed by atoms with Gasteiger partial charge in [-0.25, -0.2) is 0 Å². The molecule has 0 N–H and O–H groups in total. The second-order valence-electron chi connectivity index (χ2n) is 5.09. The number of aryl methyl sites for hydroxylation is 1. The van der Waals surface area contributed by atoms with Gasteiger partial charge in [0, 0.05) is 12.6 Å². The van der Waals surface area contributed by atoms with Crippen LogP contribution in [0.1, 0.15) is 38.3 Å². The van der Waals surface area contributed by atoms with Crippen molar-refractivity contribution < 1.29 is 0 Å². The van der Waals surface area contributed by atoms with Crippen molar-refractivity contribution in [2.75, 3.05) is 13.1 Å². The molecule has 1 aromatic rings. The fourth-order valence-electron chi connectivity index (χ4n) is 3.21. The van der Waals surface area contributed by atoms with Gasteiger partial charge >= 0.3 is 0 Å². The third kappa shape index (κ3) is 2.37. The van der Waals surface area contributed by atoms with Crippen LogP contribution in [-0.2, 0) is 0 Å². The summed E-state index contributed by atoms with van der Waals surface area (Å²) in [6.45, 7) is 10.9. The summed E-state index contributed by atoms with van der Waals surface area (Å²) in [5.74, 6) is 0.806. The highest BCUT2D eigenvalue weighted by atomic mass is 15.2. The molecular weight excluding hydrogens is 218 g/mol. The van der Waals surface area contributed by atoms with E-state index in [-0.39, 0.29) is 0 Å². The van der Waals surface area contributed by atoms with E-state index < -0.39 is 0 Å². The summed E-state index contributed by atoms with van der Waals surface area (Å²) in [7, 11) is 0. The normalized spacial score (nSPS) is 25.7. The maximum atomic E-state index is 2.61. The second-order valence-corrected chi connectivity index (χ2v) is 5.09. The minimum Gasteiger partial charge on any atom is -0.296 e. The van der Waals surface area contributed by atoms with Crippen LogP contribution in [0.5, 0.6) is 0 Å². The Morgan fingerprint density at radius 1 is 1.28 bits per heavy atom. The predicted octanol–water partition coefficient (Wildman–Crippen LogP) is 4.13. The van der Waals surface area contributed by atoms with Crippen LogP contribution >= 0.6 is 0 Å². The van der Waals surface area contributed by atoms with Gasteiger partial charge < -0.3 is 0 Å². The average Bonchev–Trinajstić information content (AvgIpc) is 3.00. The molecule has 1 heterocycles. The first-order valence-electron chi connectivity index (χ1n) is 7.30. The van der Waals surface area contributed by atoms with Crippen molar-refractivity contribution in [3.05, 3.63) is 41.5 Å². The highest BCUT2D eigenvalue weighted by Crippen LogP contribution is 2.41. The SMILES string of the molecule is CC.CCN1CC2C=C(c3cccc(C)c3)C1C2. The molecule has 2 bridgehead atoms. The van der Waals surface area contributed by atoms with Gasteiger partial charge in [-0.2, -0.15) is 0 Å². The summed E-state index contributed by atoms with van der Waals surface area (Å²) in [6, 6.07) is 9.62. The van der Waals surface area contributed by atoms with Gasteiger partial charge in [-0.3, -0.25) is 4.90 Å². The molecule has 0 amide bonds. The molecule has 1 nitrogen and oxygen atoms in total. The molecule has 2 unspecified atom stereocenters. The number of nitrogens with zero attached hydrogens (tertiary/aromatic N) is 1. The van der Waals surface area contributed by atoms with Crippen molar-refractivity contribution in [3.8, 4) is 0 Å². The van der Waals surface area contributed by atoms with Gasteiger partial charge in [0.15, 0.2) is 0 Å². The van der Waals surface area contributed by atoms with Crippen LogP contribution in [0.3, 0.4) is 0 Å². The molecule has 1 heteroatoms. The molecule has 98 valence electrons. The number of hydrogen-bond donors (Lipinski definition) is 0. The Morgan fingerprint density at radius 2 is 2.06 bits per heavy atom. The van der Waals surface area contributed by atoms with Crippen molar-refractivity contribution >= 4 is 5.57 Å². The van der Waals surface area contributed by atoms with E-state index in [4.69, 9.17) is 0 Å². The molecule has 1 saturated heterocycles. The number of fused-ring (bicyclic) bond motifs is 2. The van der Waals surface area contributed by atoms with Gasteiger partial charge in [0.2, 0.25) is 0 Å². The Morgan fingerprint density at radius 3 is 2.67 bits per heavy atom. The number of rotatable bonds is 2. The van der Waals surface area contributed by atoms with Gasteiger partial charge in [-0.1, -0.05) is 56.7 Å². The fraction of sp³-hybridized carbons (Fsp3) is 0.529. The molecule has 0 saturated carbocycles. The second kappa shape index (κ2) is 5.71. The van der Waals surface area contributed by atoms with E-state index in [0.29, 0.717) is 6.04 Å². The van der Waals surface area contributed by atoms with E-state index in [2.05, 4.69) is 49.1 Å². The smallest absolute Gasteiger partial charge is 0.0357 e. The average molecular weight is 243 g/mol. The lowest BCUT2D eigenvalue weighted by atomic mass is 9.98. The van der Waals surface area contributed by atoms with E-state index in [1.54, 1.807) is 5.57 Å². The Balaban J connectivity index is 0.000000574. The molecule has 1 fully saturated rings. The molecule has 2 aliphatic rings. The zero-order valence-corrected chi connectivity index (χ0v) is 12.1. The highest BCUT2D eigenvalue weighted by molar-refractivity contribution is 5.73. The number of likely N-dealkylation sites (tertiary alicyclic amines) is 1. The van der Waals surface area contributed by atoms with Crippen LogP contribution in [0.25, 0.3) is 5.57 Å². The summed E-state index contributed by atoms with van der Waals surface area (Å²) in [4.78, 5) is 2.61. The molecule has 18 heavy (non-hydrogen) atoms. The van der Waals surface area contributed by atoms with Crippen molar-refractivity contribution in [2.45, 2.75) is 40.2 Å². The number of likely N-dealkylation sites (N-methyl/N-ethyl adjacent to an activating group) is 1. The lowest BCUT2D eigenvalue weighted by molar-refractivity contribution is 0.303. The van der Waals surface area contributed by atoms with Gasteiger partial charge in [0.05, 0.1) is 0 Å². The molecule has 2 atom stereocenters. The van der Waals surface area contributed by atoms with Gasteiger partial charge in [-0.15, -0.1) is 0 Å². The molecule has 0 spiro atoms. The summed E-state index contributed by atoms with van der Waals surface area (Å²) in [5, 5.41) is 0. The van der Waals surface area contributed by atoms with Crippen LogP contribution in [0.2, 0.25) is 0 Å². The standard InChI is InChI=1S/C15H19N.C2H6/c1-3-16-10-12-8-14(15(16)9-12)13-6-4-5-11(2)7-13;1-2/h4-8,12,15H,3,9-10H2,1-2H3;1-2H3. The molecule has 0 aromatic heterocycles. The molecule has 1 aliphatic heterocycles. The van der Waals surface area contributed by atoms with Gasteiger partial charge in [0.1, 0.15) is 0 Å². The lowest BCUT2D eigenvalue weighted by Crippen LogP contribution is -2.31. The molecule has 3 rings (SSSR count). The van der Waals surface area contributed by atoms with Crippen LogP contribution < -0.4 is 0 Å². The van der Waals surface area contributed by atoms with Crippen molar-refractivity contribution in [1.29, 1.82) is 0 Å². The first-order chi connectivity index (χ1) is 8.78. The number of hydrogen-bond acceptors (Lipinski definition) is 1. The lowest BCUT2D eigenvalue weighted by Gasteiger charge is -2.27. The summed E-state index contributed by atoms with van der Waals surface area (Å²) < 4.78 is 0. The zero-order chi connectivity index (χ0) is 13.1. The van der Waals surface area contributed by atoms with E-state index in [0.717, 1.165) is 5.92 Å². The first kappa shape index (κ1) is 13.4. The summed E-state index contributed by atoms with van der Waals surface area (Å²) in [5.41, 5.74) is 4.37. The summed E-state index contributed by atoms with van der Waals surface area (Å²) >= 11 is 0. The predicted molar refractivity (Wildman–Crippen MR) is 79.6 cm³/mol. The van der Waals surface area contributed by atoms with Crippen LogP contribution in [0.15, 0.2) is 30.3 Å². The van der Waals surface area contributed by atoms with E-state index in [9.17, 15) is 0 Å². The molecule has 1 aliphatic carbocycles. The summed E-state index contributed by atoms with van der Waals surface area (Å²) in [6.07, 6.45) is 3.85. The number of benzene rings is 1. The van der Waals surface area contributed by atoms with Crippen LogP contribution in [0, 0.1) is 12.8 Å². The van der Waals surface area contributed by atoms with Crippen molar-refractivity contribution in [3.63, 3.8) is 0 Å². The molecular formula is C17H25N. The third-order valence-corrected chi connectivity index (χ3v) is 3.97. The molecule has 0 radical (unpaired) electrons. The maximum absolute atomic E-state index is 2.61. The third-order valence-electron chi connectivity index (χ3n) is 3.97. The van der Waals surface area contributed by atoms with Crippen molar-refractivity contribution in [2.24, 2.45) is 5.92 Å². The molecule has 1 aromatic carbocycles. The zero-order valence-electron chi connectivity index (χ0n) is 12.1. The Kier molecular flexibility index (Phi) is 4.23. The first-order valence-corrected chi connectivity index (χ1v) is 7.30. The van der Waals surface area contributed by atoms with Crippen molar-refractivity contribution in [1.82, 2.24) is 4.90 Å². The largest absolute Gasteiger partial charge is 0.296 e. The monoisotopic (exact) mass is 243 g/mol. The Labute approximate surface area is 112 Å². The highest BCUT2D eigenvalue weighted by Gasteiger charge is 2.38. The minimum atomic E-state index is 0.691. The topological polar surface area (TPSA) is 3.24 Å².